The molecule has 0 saturated carbocycles. The van der Waals surface area contributed by atoms with E-state index >= 15 is 0 Å². The zero-order valence-corrected chi connectivity index (χ0v) is 6.80. The highest BCUT2D eigenvalue weighted by molar-refractivity contribution is 7.86. The number of aromatic nitrogens is 1. The summed E-state index contributed by atoms with van der Waals surface area (Å²) in [6.07, 6.45) is 0. The second-order valence-electron chi connectivity index (χ2n) is 1.38. The molecule has 7 heteroatoms. The molecular formula is C3HClFNO2S2. The Morgan fingerprint density at radius 3 is 2.50 bits per heavy atom. The van der Waals surface area contributed by atoms with Gasteiger partial charge in [0.05, 0.1) is 0 Å². The standard InChI is InChI=1S/C3HClFNO2S2/c4-3-6-2(1-9-3)10(5,7)8/h1H. The van der Waals surface area contributed by atoms with Crippen LogP contribution in [0.2, 0.25) is 4.47 Å². The summed E-state index contributed by atoms with van der Waals surface area (Å²) in [6.45, 7) is 0. The fourth-order valence-electron chi connectivity index (χ4n) is 0.350. The lowest BCUT2D eigenvalue weighted by molar-refractivity contribution is 0.548. The van der Waals surface area contributed by atoms with Crippen molar-refractivity contribution in [2.45, 2.75) is 5.03 Å². The molecule has 0 spiro atoms. The van der Waals surface area contributed by atoms with E-state index < -0.39 is 15.2 Å². The molecule has 0 atom stereocenters. The zero-order chi connectivity index (χ0) is 7.78. The van der Waals surface area contributed by atoms with E-state index in [-0.39, 0.29) is 4.47 Å². The molecule has 0 aliphatic rings. The molecular weight excluding hydrogens is 201 g/mol. The largest absolute Gasteiger partial charge is 0.350 e. The van der Waals surface area contributed by atoms with Crippen LogP contribution in [-0.2, 0) is 10.2 Å². The van der Waals surface area contributed by atoms with Gasteiger partial charge in [0.1, 0.15) is 0 Å². The van der Waals surface area contributed by atoms with Crippen LogP contribution in [0.1, 0.15) is 0 Å². The third-order valence-corrected chi connectivity index (χ3v) is 2.54. The van der Waals surface area contributed by atoms with Crippen molar-refractivity contribution in [3.8, 4) is 0 Å². The van der Waals surface area contributed by atoms with E-state index in [4.69, 9.17) is 11.6 Å². The Hall–Kier alpha value is -0.200. The lowest BCUT2D eigenvalue weighted by Crippen LogP contribution is -1.90. The minimum absolute atomic E-state index is 0.0104. The third kappa shape index (κ3) is 1.65. The van der Waals surface area contributed by atoms with E-state index in [1.807, 2.05) is 0 Å². The summed E-state index contributed by atoms with van der Waals surface area (Å²) in [5.74, 6) is 0. The van der Waals surface area contributed by atoms with Gasteiger partial charge in [0.25, 0.3) is 0 Å². The highest BCUT2D eigenvalue weighted by Gasteiger charge is 2.15. The molecule has 0 aliphatic heterocycles. The predicted octanol–water partition coefficient (Wildman–Crippen LogP) is 1.45. The van der Waals surface area contributed by atoms with Crippen LogP contribution in [0, 0.1) is 0 Å². The fraction of sp³-hybridized carbons (Fsp3) is 0. The SMILES string of the molecule is O=S(=O)(F)c1csc(Cl)n1. The van der Waals surface area contributed by atoms with Gasteiger partial charge in [-0.25, -0.2) is 4.98 Å². The van der Waals surface area contributed by atoms with Crippen molar-refractivity contribution in [3.63, 3.8) is 0 Å². The fourth-order valence-corrected chi connectivity index (χ4v) is 1.89. The smallest absolute Gasteiger partial charge is 0.210 e. The van der Waals surface area contributed by atoms with E-state index in [1.165, 1.54) is 0 Å². The van der Waals surface area contributed by atoms with Gasteiger partial charge in [-0.15, -0.1) is 11.3 Å². The lowest BCUT2D eigenvalue weighted by Gasteiger charge is -1.80. The molecule has 0 bridgehead atoms. The monoisotopic (exact) mass is 201 g/mol. The number of halogens is 2. The van der Waals surface area contributed by atoms with Crippen molar-refractivity contribution in [3.05, 3.63) is 9.85 Å². The van der Waals surface area contributed by atoms with Crippen LogP contribution in [0.15, 0.2) is 10.4 Å². The first-order valence-corrected chi connectivity index (χ1v) is 4.70. The Bertz CT molecular complexity index is 332. The highest BCUT2D eigenvalue weighted by Crippen LogP contribution is 2.19. The number of nitrogens with zero attached hydrogens (tertiary/aromatic N) is 1. The summed E-state index contributed by atoms with van der Waals surface area (Å²) >= 11 is 6.11. The first-order chi connectivity index (χ1) is 4.50. The van der Waals surface area contributed by atoms with Crippen LogP contribution >= 0.6 is 22.9 Å². The Kier molecular flexibility index (Phi) is 1.93. The van der Waals surface area contributed by atoms with Crippen molar-refractivity contribution in [2.75, 3.05) is 0 Å². The van der Waals surface area contributed by atoms with Crippen molar-refractivity contribution in [2.24, 2.45) is 0 Å². The summed E-state index contributed by atoms with van der Waals surface area (Å²) in [4.78, 5) is 3.20. The average molecular weight is 202 g/mol. The van der Waals surface area contributed by atoms with Gasteiger partial charge in [-0.05, 0) is 0 Å². The summed E-state index contributed by atoms with van der Waals surface area (Å²) in [5, 5.41) is 0.417. The van der Waals surface area contributed by atoms with Crippen molar-refractivity contribution >= 4 is 33.2 Å². The van der Waals surface area contributed by atoms with Crippen LogP contribution in [0.4, 0.5) is 3.89 Å². The second-order valence-corrected chi connectivity index (χ2v) is 4.11. The Labute approximate surface area is 65.7 Å². The number of hydrogen-bond donors (Lipinski definition) is 0. The molecule has 0 fully saturated rings. The topological polar surface area (TPSA) is 47.0 Å². The molecule has 1 aromatic rings. The van der Waals surface area contributed by atoms with Crippen molar-refractivity contribution in [1.82, 2.24) is 4.98 Å². The Morgan fingerprint density at radius 2 is 2.30 bits per heavy atom. The number of hydrogen-bond acceptors (Lipinski definition) is 4. The van der Waals surface area contributed by atoms with E-state index in [1.54, 1.807) is 0 Å². The zero-order valence-electron chi connectivity index (χ0n) is 4.41. The third-order valence-electron chi connectivity index (χ3n) is 0.705. The minimum Gasteiger partial charge on any atom is -0.210 e. The van der Waals surface area contributed by atoms with E-state index in [9.17, 15) is 12.3 Å². The summed E-state index contributed by atoms with van der Waals surface area (Å²) in [7, 11) is -4.67. The molecule has 0 unspecified atom stereocenters. The predicted molar refractivity (Wildman–Crippen MR) is 35.4 cm³/mol. The molecule has 0 N–H and O–H groups in total. The van der Waals surface area contributed by atoms with E-state index in [0.717, 1.165) is 16.7 Å². The lowest BCUT2D eigenvalue weighted by atomic mass is 11.0. The highest BCUT2D eigenvalue weighted by atomic mass is 35.5. The maximum atomic E-state index is 12.0. The van der Waals surface area contributed by atoms with Crippen LogP contribution < -0.4 is 0 Å². The molecule has 56 valence electrons. The molecule has 1 aromatic heterocycles. The maximum absolute atomic E-state index is 12.0. The summed E-state index contributed by atoms with van der Waals surface area (Å²) < 4.78 is 32.1. The molecule has 10 heavy (non-hydrogen) atoms. The molecule has 0 saturated heterocycles. The summed E-state index contributed by atoms with van der Waals surface area (Å²) in [5.41, 5.74) is 0. The first kappa shape index (κ1) is 7.90. The molecule has 0 aliphatic carbocycles. The van der Waals surface area contributed by atoms with E-state index in [2.05, 4.69) is 4.98 Å². The van der Waals surface area contributed by atoms with Gasteiger partial charge in [0.15, 0.2) is 9.49 Å². The van der Waals surface area contributed by atoms with Crippen LogP contribution in [0.5, 0.6) is 0 Å². The van der Waals surface area contributed by atoms with Gasteiger partial charge in [-0.1, -0.05) is 15.5 Å². The molecule has 0 amide bonds. The molecule has 0 radical (unpaired) electrons. The van der Waals surface area contributed by atoms with Gasteiger partial charge in [0, 0.05) is 5.38 Å². The minimum atomic E-state index is -4.67. The number of rotatable bonds is 1. The summed E-state index contributed by atoms with van der Waals surface area (Å²) in [6, 6.07) is 0. The Balaban J connectivity index is 3.21. The average Bonchev–Trinajstić information content (AvgIpc) is 2.11. The maximum Gasteiger partial charge on any atom is 0.350 e. The van der Waals surface area contributed by atoms with Crippen LogP contribution in [-0.4, -0.2) is 13.4 Å². The van der Waals surface area contributed by atoms with E-state index in [0.29, 0.717) is 0 Å². The molecule has 1 heterocycles. The van der Waals surface area contributed by atoms with Gasteiger partial charge in [-0.3, -0.25) is 0 Å². The van der Waals surface area contributed by atoms with Gasteiger partial charge >= 0.3 is 10.2 Å². The quantitative estimate of drug-likeness (QED) is 0.647. The van der Waals surface area contributed by atoms with Crippen molar-refractivity contribution < 1.29 is 12.3 Å². The first-order valence-electron chi connectivity index (χ1n) is 2.06. The van der Waals surface area contributed by atoms with Gasteiger partial charge in [-0.2, -0.15) is 8.42 Å². The van der Waals surface area contributed by atoms with Crippen LogP contribution in [0.3, 0.4) is 0 Å². The Morgan fingerprint density at radius 1 is 1.70 bits per heavy atom. The van der Waals surface area contributed by atoms with Crippen LogP contribution in [0.25, 0.3) is 0 Å². The molecule has 1 rings (SSSR count). The van der Waals surface area contributed by atoms with Gasteiger partial charge < -0.3 is 0 Å². The normalized spacial score (nSPS) is 11.8. The second kappa shape index (κ2) is 2.44. The van der Waals surface area contributed by atoms with Crippen molar-refractivity contribution in [1.29, 1.82) is 0 Å². The number of thiazole rings is 1. The molecule has 0 aromatic carbocycles. The van der Waals surface area contributed by atoms with Gasteiger partial charge in [0.2, 0.25) is 0 Å². The molecule has 3 nitrogen and oxygen atoms in total.